The lowest BCUT2D eigenvalue weighted by Gasteiger charge is -2.14. The second-order valence-electron chi connectivity index (χ2n) is 5.47. The Morgan fingerprint density at radius 3 is 2.26 bits per heavy atom. The first kappa shape index (κ1) is 22.6. The molecule has 0 atom stereocenters. The van der Waals surface area contributed by atoms with Crippen molar-refractivity contribution < 1.29 is 27.4 Å². The second-order valence-corrected chi connectivity index (χ2v) is 5.47. The zero-order valence-electron chi connectivity index (χ0n) is 14.5. The van der Waals surface area contributed by atoms with Crippen molar-refractivity contribution in [2.75, 3.05) is 13.7 Å². The molecule has 0 radical (unpaired) electrons. The van der Waals surface area contributed by atoms with Crippen molar-refractivity contribution in [2.45, 2.75) is 19.3 Å². The van der Waals surface area contributed by atoms with Crippen molar-refractivity contribution >= 4 is 18.3 Å². The van der Waals surface area contributed by atoms with Gasteiger partial charge >= 0.3 is 6.18 Å². The van der Waals surface area contributed by atoms with E-state index in [1.165, 1.54) is 19.2 Å². The first-order valence-electron chi connectivity index (χ1n) is 7.76. The molecule has 27 heavy (non-hydrogen) atoms. The molecule has 0 unspecified atom stereocenters. The fourth-order valence-electron chi connectivity index (χ4n) is 2.18. The van der Waals surface area contributed by atoms with Crippen LogP contribution in [0.4, 0.5) is 13.2 Å². The Hall–Kier alpha value is -2.45. The zero-order chi connectivity index (χ0) is 19.2. The molecule has 0 aliphatic heterocycles. The molecule has 0 aromatic heterocycles. The highest BCUT2D eigenvalue weighted by molar-refractivity contribution is 5.94. The number of rotatable bonds is 7. The van der Waals surface area contributed by atoms with E-state index in [2.05, 4.69) is 5.32 Å². The maximum absolute atomic E-state index is 12.3. The van der Waals surface area contributed by atoms with Gasteiger partial charge in [-0.3, -0.25) is 4.79 Å². The van der Waals surface area contributed by atoms with Crippen molar-refractivity contribution in [2.24, 2.45) is 5.73 Å². The Labute approximate surface area is 161 Å². The Balaban J connectivity index is 0.00000364. The largest absolute Gasteiger partial charge is 0.493 e. The SMILES string of the molecule is COc1cc(CNC(=O)c2ccc(CN)cc2)ccc1OCC(F)(F)F.Cl. The lowest BCUT2D eigenvalue weighted by molar-refractivity contribution is -0.153. The van der Waals surface area contributed by atoms with E-state index < -0.39 is 12.8 Å². The number of benzene rings is 2. The molecule has 3 N–H and O–H groups in total. The monoisotopic (exact) mass is 404 g/mol. The molecule has 5 nitrogen and oxygen atoms in total. The standard InChI is InChI=1S/C18H19F3N2O3.ClH/c1-25-16-8-13(4-7-15(16)26-11-18(19,20)21)10-23-17(24)14-5-2-12(9-22)3-6-14;/h2-8H,9-11,22H2,1H3,(H,23,24);1H. The van der Waals surface area contributed by atoms with E-state index in [9.17, 15) is 18.0 Å². The van der Waals surface area contributed by atoms with Gasteiger partial charge in [-0.05, 0) is 35.4 Å². The minimum atomic E-state index is -4.43. The maximum Gasteiger partial charge on any atom is 0.422 e. The predicted molar refractivity (Wildman–Crippen MR) is 97.3 cm³/mol. The Kier molecular flexibility index (Phi) is 8.39. The number of halogens is 4. The summed E-state index contributed by atoms with van der Waals surface area (Å²) in [5, 5.41) is 2.73. The summed E-state index contributed by atoms with van der Waals surface area (Å²) in [5.41, 5.74) is 7.57. The molecule has 2 aromatic carbocycles. The van der Waals surface area contributed by atoms with Crippen molar-refractivity contribution in [1.82, 2.24) is 5.32 Å². The molecule has 0 saturated heterocycles. The lowest BCUT2D eigenvalue weighted by Crippen LogP contribution is -2.23. The predicted octanol–water partition coefficient (Wildman–Crippen LogP) is 3.45. The molecule has 0 bridgehead atoms. The molecular weight excluding hydrogens is 385 g/mol. The summed E-state index contributed by atoms with van der Waals surface area (Å²) in [7, 11) is 1.33. The van der Waals surface area contributed by atoms with Gasteiger partial charge in [-0.25, -0.2) is 0 Å². The number of nitrogens with one attached hydrogen (secondary N) is 1. The normalized spacial score (nSPS) is 10.7. The molecule has 0 aliphatic rings. The molecule has 9 heteroatoms. The van der Waals surface area contributed by atoms with Gasteiger partial charge in [-0.1, -0.05) is 18.2 Å². The smallest absolute Gasteiger partial charge is 0.422 e. The third-order valence-corrected chi connectivity index (χ3v) is 3.52. The summed E-state index contributed by atoms with van der Waals surface area (Å²) < 4.78 is 46.5. The summed E-state index contributed by atoms with van der Waals surface area (Å²) in [4.78, 5) is 12.1. The molecule has 0 spiro atoms. The molecule has 1 amide bonds. The van der Waals surface area contributed by atoms with Crippen LogP contribution in [-0.4, -0.2) is 25.8 Å². The van der Waals surface area contributed by atoms with Gasteiger partial charge in [0.1, 0.15) is 0 Å². The fraction of sp³-hybridized carbons (Fsp3) is 0.278. The van der Waals surface area contributed by atoms with Crippen LogP contribution in [0, 0.1) is 0 Å². The molecule has 2 rings (SSSR count). The fourth-order valence-corrected chi connectivity index (χ4v) is 2.18. The minimum absolute atomic E-state index is 0. The first-order chi connectivity index (χ1) is 12.3. The van der Waals surface area contributed by atoms with Crippen molar-refractivity contribution in [3.63, 3.8) is 0 Å². The first-order valence-corrected chi connectivity index (χ1v) is 7.76. The zero-order valence-corrected chi connectivity index (χ0v) is 15.3. The van der Waals surface area contributed by atoms with E-state index in [0.29, 0.717) is 17.7 Å². The van der Waals surface area contributed by atoms with Gasteiger partial charge in [0, 0.05) is 18.7 Å². The molecule has 0 saturated carbocycles. The van der Waals surface area contributed by atoms with Crippen LogP contribution in [-0.2, 0) is 13.1 Å². The van der Waals surface area contributed by atoms with Crippen LogP contribution in [0.2, 0.25) is 0 Å². The Morgan fingerprint density at radius 2 is 1.70 bits per heavy atom. The van der Waals surface area contributed by atoms with Crippen LogP contribution in [0.5, 0.6) is 11.5 Å². The number of carbonyl (C=O) groups excluding carboxylic acids is 1. The number of nitrogens with two attached hydrogens (primary N) is 1. The summed E-state index contributed by atoms with van der Waals surface area (Å²) in [6.07, 6.45) is -4.43. The maximum atomic E-state index is 12.3. The van der Waals surface area contributed by atoms with Crippen molar-refractivity contribution in [3.8, 4) is 11.5 Å². The lowest BCUT2D eigenvalue weighted by atomic mass is 10.1. The number of hydrogen-bond acceptors (Lipinski definition) is 4. The van der Waals surface area contributed by atoms with Gasteiger partial charge in [0.25, 0.3) is 5.91 Å². The highest BCUT2D eigenvalue weighted by Crippen LogP contribution is 2.29. The number of carbonyl (C=O) groups is 1. The van der Waals surface area contributed by atoms with Crippen LogP contribution >= 0.6 is 12.4 Å². The summed E-state index contributed by atoms with van der Waals surface area (Å²) in [6, 6.07) is 11.3. The topological polar surface area (TPSA) is 73.6 Å². The van der Waals surface area contributed by atoms with Crippen LogP contribution in [0.15, 0.2) is 42.5 Å². The average Bonchev–Trinajstić information content (AvgIpc) is 2.64. The van der Waals surface area contributed by atoms with Gasteiger partial charge in [-0.15, -0.1) is 12.4 Å². The van der Waals surface area contributed by atoms with Crippen LogP contribution in [0.3, 0.4) is 0 Å². The summed E-state index contributed by atoms with van der Waals surface area (Å²) in [5.74, 6) is -0.129. The number of ether oxygens (including phenoxy) is 2. The third kappa shape index (κ3) is 6.99. The third-order valence-electron chi connectivity index (χ3n) is 3.52. The average molecular weight is 405 g/mol. The number of amides is 1. The Morgan fingerprint density at radius 1 is 1.07 bits per heavy atom. The van der Waals surface area contributed by atoms with Gasteiger partial charge in [0.15, 0.2) is 18.1 Å². The molecule has 148 valence electrons. The highest BCUT2D eigenvalue weighted by atomic mass is 35.5. The molecule has 2 aromatic rings. The van der Waals surface area contributed by atoms with Gasteiger partial charge in [0.05, 0.1) is 7.11 Å². The van der Waals surface area contributed by atoms with E-state index in [1.54, 1.807) is 30.3 Å². The second kappa shape index (κ2) is 10.0. The van der Waals surface area contributed by atoms with E-state index in [1.807, 2.05) is 0 Å². The summed E-state index contributed by atoms with van der Waals surface area (Å²) >= 11 is 0. The number of methoxy groups -OCH3 is 1. The van der Waals surface area contributed by atoms with Crippen molar-refractivity contribution in [1.29, 1.82) is 0 Å². The van der Waals surface area contributed by atoms with E-state index in [-0.39, 0.29) is 36.4 Å². The van der Waals surface area contributed by atoms with Gasteiger partial charge in [-0.2, -0.15) is 13.2 Å². The van der Waals surface area contributed by atoms with Crippen LogP contribution < -0.4 is 20.5 Å². The molecule has 0 fully saturated rings. The van der Waals surface area contributed by atoms with Crippen LogP contribution in [0.1, 0.15) is 21.5 Å². The van der Waals surface area contributed by atoms with E-state index >= 15 is 0 Å². The number of alkyl halides is 3. The van der Waals surface area contributed by atoms with E-state index in [0.717, 1.165) is 5.56 Å². The van der Waals surface area contributed by atoms with E-state index in [4.69, 9.17) is 15.2 Å². The molecular formula is C18H20ClF3N2O3. The quantitative estimate of drug-likeness (QED) is 0.741. The van der Waals surface area contributed by atoms with Gasteiger partial charge in [0.2, 0.25) is 0 Å². The number of hydrogen-bond donors (Lipinski definition) is 2. The highest BCUT2D eigenvalue weighted by Gasteiger charge is 2.29. The summed E-state index contributed by atoms with van der Waals surface area (Å²) in [6.45, 7) is -0.823. The minimum Gasteiger partial charge on any atom is -0.493 e. The Bertz CT molecular complexity index is 753. The molecule has 0 aliphatic carbocycles. The van der Waals surface area contributed by atoms with Crippen molar-refractivity contribution in [3.05, 3.63) is 59.2 Å². The van der Waals surface area contributed by atoms with Crippen LogP contribution in [0.25, 0.3) is 0 Å². The van der Waals surface area contributed by atoms with Gasteiger partial charge < -0.3 is 20.5 Å². The molecule has 0 heterocycles.